The fraction of sp³-hybridized carbons (Fsp3) is 0.938. The zero-order chi connectivity index (χ0) is 15.8. The van der Waals surface area contributed by atoms with Crippen molar-refractivity contribution in [1.29, 1.82) is 0 Å². The molecule has 0 aromatic carbocycles. The third-order valence-corrected chi connectivity index (χ3v) is 3.41. The van der Waals surface area contributed by atoms with Gasteiger partial charge in [-0.3, -0.25) is 4.79 Å². The Kier molecular flexibility index (Phi) is 29.6. The van der Waals surface area contributed by atoms with Gasteiger partial charge in [-0.2, -0.15) is 0 Å². The summed E-state index contributed by atoms with van der Waals surface area (Å²) in [7, 11) is 0. The summed E-state index contributed by atoms with van der Waals surface area (Å²) in [5, 5.41) is 2.85. The van der Waals surface area contributed by atoms with E-state index in [4.69, 9.17) is 16.2 Å². The SMILES string of the molecule is CCCCCCCCCCCCOC(=O)CNCC(N)N.[Na].[Na]. The van der Waals surface area contributed by atoms with Gasteiger partial charge in [-0.25, -0.2) is 0 Å². The van der Waals surface area contributed by atoms with Crippen LogP contribution in [-0.4, -0.2) is 90.9 Å². The first-order chi connectivity index (χ1) is 10.2. The van der Waals surface area contributed by atoms with Gasteiger partial charge in [0, 0.05) is 65.7 Å². The molecule has 0 aromatic rings. The van der Waals surface area contributed by atoms with E-state index in [9.17, 15) is 4.79 Å². The number of hydrogen-bond acceptors (Lipinski definition) is 5. The van der Waals surface area contributed by atoms with Gasteiger partial charge >= 0.3 is 5.97 Å². The van der Waals surface area contributed by atoms with E-state index >= 15 is 0 Å². The molecule has 2 radical (unpaired) electrons. The van der Waals surface area contributed by atoms with E-state index in [0.29, 0.717) is 13.2 Å². The fourth-order valence-electron chi connectivity index (χ4n) is 2.17. The molecule has 0 amide bonds. The Morgan fingerprint density at radius 1 is 0.913 bits per heavy atom. The zero-order valence-electron chi connectivity index (χ0n) is 15.7. The number of unbranched alkanes of at least 4 members (excludes halogenated alkanes) is 9. The molecule has 128 valence electrons. The van der Waals surface area contributed by atoms with Gasteiger partial charge in [0.2, 0.25) is 0 Å². The van der Waals surface area contributed by atoms with Gasteiger partial charge in [0.05, 0.1) is 19.3 Å². The largest absolute Gasteiger partial charge is 0.465 e. The van der Waals surface area contributed by atoms with Crippen molar-refractivity contribution in [2.45, 2.75) is 77.3 Å². The molecule has 0 fully saturated rings. The Morgan fingerprint density at radius 2 is 1.39 bits per heavy atom. The minimum Gasteiger partial charge on any atom is -0.465 e. The predicted molar refractivity (Wildman–Crippen MR) is 99.3 cm³/mol. The number of hydrogen-bond donors (Lipinski definition) is 3. The molecule has 7 heteroatoms. The van der Waals surface area contributed by atoms with E-state index in [2.05, 4.69) is 12.2 Å². The molecule has 5 N–H and O–H groups in total. The molecule has 0 aliphatic heterocycles. The number of carbonyl (C=O) groups is 1. The maximum atomic E-state index is 11.3. The van der Waals surface area contributed by atoms with E-state index in [0.717, 1.165) is 12.8 Å². The molecule has 0 bridgehead atoms. The van der Waals surface area contributed by atoms with Gasteiger partial charge in [0.1, 0.15) is 0 Å². The summed E-state index contributed by atoms with van der Waals surface area (Å²) in [5.41, 5.74) is 10.7. The summed E-state index contributed by atoms with van der Waals surface area (Å²) < 4.78 is 5.11. The predicted octanol–water partition coefficient (Wildman–Crippen LogP) is 1.52. The molecule has 0 aliphatic carbocycles. The summed E-state index contributed by atoms with van der Waals surface area (Å²) in [6.45, 7) is 3.37. The summed E-state index contributed by atoms with van der Waals surface area (Å²) in [6.07, 6.45) is 12.4. The van der Waals surface area contributed by atoms with Crippen LogP contribution in [0.1, 0.15) is 71.1 Å². The summed E-state index contributed by atoms with van der Waals surface area (Å²) in [5.74, 6) is -0.230. The first-order valence-corrected chi connectivity index (χ1v) is 8.54. The van der Waals surface area contributed by atoms with Crippen LogP contribution in [0.15, 0.2) is 0 Å². The van der Waals surface area contributed by atoms with E-state index in [1.165, 1.54) is 51.4 Å². The average Bonchev–Trinajstić information content (AvgIpc) is 2.44. The van der Waals surface area contributed by atoms with Crippen molar-refractivity contribution in [2.75, 3.05) is 19.7 Å². The van der Waals surface area contributed by atoms with Crippen molar-refractivity contribution in [3.05, 3.63) is 0 Å². The standard InChI is InChI=1S/C16H35N3O2.2Na/c1-2-3-4-5-6-7-8-9-10-11-12-21-16(20)14-19-13-15(17)18;;/h15,19H,2-14,17-18H2,1H3;;. The first kappa shape index (κ1) is 29.1. The molecule has 0 atom stereocenters. The molecule has 0 aromatic heterocycles. The van der Waals surface area contributed by atoms with Crippen molar-refractivity contribution >= 4 is 65.1 Å². The molecular weight excluding hydrogens is 312 g/mol. The van der Waals surface area contributed by atoms with Crippen LogP contribution < -0.4 is 16.8 Å². The third kappa shape index (κ3) is 25.7. The van der Waals surface area contributed by atoms with E-state index in [-0.39, 0.29) is 71.6 Å². The van der Waals surface area contributed by atoms with Gasteiger partial charge in [-0.1, -0.05) is 64.7 Å². The average molecular weight is 347 g/mol. The molecule has 0 spiro atoms. The van der Waals surface area contributed by atoms with Gasteiger partial charge in [0.15, 0.2) is 0 Å². The fourth-order valence-corrected chi connectivity index (χ4v) is 2.17. The van der Waals surface area contributed by atoms with Crippen LogP contribution in [0.4, 0.5) is 0 Å². The second-order valence-corrected chi connectivity index (χ2v) is 5.70. The Morgan fingerprint density at radius 3 is 1.87 bits per heavy atom. The summed E-state index contributed by atoms with van der Waals surface area (Å²) in [6, 6.07) is 0. The molecule has 0 heterocycles. The van der Waals surface area contributed by atoms with Crippen molar-refractivity contribution in [3.63, 3.8) is 0 Å². The maximum absolute atomic E-state index is 11.3. The normalized spacial score (nSPS) is 10.1. The van der Waals surface area contributed by atoms with Crippen LogP contribution >= 0.6 is 0 Å². The quantitative estimate of drug-likeness (QED) is 0.181. The van der Waals surface area contributed by atoms with Crippen LogP contribution in [0.5, 0.6) is 0 Å². The second kappa shape index (κ2) is 23.4. The number of ether oxygens (including phenoxy) is 1. The van der Waals surface area contributed by atoms with Gasteiger partial charge in [-0.15, -0.1) is 0 Å². The Balaban J connectivity index is -0.00000200. The molecule has 0 saturated carbocycles. The molecule has 0 aliphatic rings. The number of nitrogens with one attached hydrogen (secondary N) is 1. The van der Waals surface area contributed by atoms with Crippen LogP contribution in [0.25, 0.3) is 0 Å². The molecule has 0 unspecified atom stereocenters. The summed E-state index contributed by atoms with van der Waals surface area (Å²) >= 11 is 0. The molecule has 5 nitrogen and oxygen atoms in total. The molecular formula is C16H35N3Na2O2. The minimum atomic E-state index is -0.431. The zero-order valence-corrected chi connectivity index (χ0v) is 19.7. The third-order valence-electron chi connectivity index (χ3n) is 3.41. The maximum Gasteiger partial charge on any atom is 0.319 e. The Labute approximate surface area is 187 Å². The Bertz CT molecular complexity index is 245. The monoisotopic (exact) mass is 347 g/mol. The number of nitrogens with two attached hydrogens (primary N) is 2. The van der Waals surface area contributed by atoms with Gasteiger partial charge in [0.25, 0.3) is 0 Å². The number of rotatable bonds is 15. The van der Waals surface area contributed by atoms with Crippen LogP contribution in [0, 0.1) is 0 Å². The Hall–Kier alpha value is 1.35. The van der Waals surface area contributed by atoms with E-state index in [1.807, 2.05) is 0 Å². The van der Waals surface area contributed by atoms with Gasteiger partial charge in [-0.05, 0) is 6.42 Å². The van der Waals surface area contributed by atoms with Crippen molar-refractivity contribution < 1.29 is 9.53 Å². The number of carbonyl (C=O) groups excluding carboxylic acids is 1. The van der Waals surface area contributed by atoms with Crippen LogP contribution in [-0.2, 0) is 9.53 Å². The first-order valence-electron chi connectivity index (χ1n) is 8.54. The van der Waals surface area contributed by atoms with Crippen molar-refractivity contribution in [2.24, 2.45) is 11.5 Å². The van der Waals surface area contributed by atoms with Crippen molar-refractivity contribution in [3.8, 4) is 0 Å². The van der Waals surface area contributed by atoms with Crippen molar-refractivity contribution in [1.82, 2.24) is 5.32 Å². The van der Waals surface area contributed by atoms with E-state index in [1.54, 1.807) is 0 Å². The topological polar surface area (TPSA) is 90.4 Å². The number of esters is 1. The van der Waals surface area contributed by atoms with E-state index < -0.39 is 6.17 Å². The molecule has 0 saturated heterocycles. The van der Waals surface area contributed by atoms with Crippen LogP contribution in [0.3, 0.4) is 0 Å². The minimum absolute atomic E-state index is 0. The van der Waals surface area contributed by atoms with Gasteiger partial charge < -0.3 is 21.5 Å². The smallest absolute Gasteiger partial charge is 0.319 e. The molecule has 23 heavy (non-hydrogen) atoms. The summed E-state index contributed by atoms with van der Waals surface area (Å²) in [4.78, 5) is 11.3. The van der Waals surface area contributed by atoms with Crippen LogP contribution in [0.2, 0.25) is 0 Å². The molecule has 0 rings (SSSR count). The second-order valence-electron chi connectivity index (χ2n) is 5.70.